The Morgan fingerprint density at radius 1 is 1.56 bits per heavy atom. The Kier molecular flexibility index (Phi) is 3.58. The number of anilines is 1. The molecule has 1 N–H and O–H groups in total. The Bertz CT molecular complexity index is 487. The average Bonchev–Trinajstić information content (AvgIpc) is 2.42. The molecular formula is C13H15N3O2. The Balaban J connectivity index is 2.16. The molecule has 0 bridgehead atoms. The zero-order valence-electron chi connectivity index (χ0n) is 10.3. The van der Waals surface area contributed by atoms with E-state index in [0.717, 1.165) is 5.56 Å². The van der Waals surface area contributed by atoms with Gasteiger partial charge >= 0.3 is 0 Å². The Morgan fingerprint density at radius 3 is 2.89 bits per heavy atom. The number of hydrogen-bond acceptors (Lipinski definition) is 4. The Labute approximate surface area is 106 Å². The predicted molar refractivity (Wildman–Crippen MR) is 65.7 cm³/mol. The third kappa shape index (κ3) is 2.34. The summed E-state index contributed by atoms with van der Waals surface area (Å²) in [4.78, 5) is 16.2. The monoisotopic (exact) mass is 245 g/mol. The molecule has 5 heteroatoms. The molecule has 1 fully saturated rings. The van der Waals surface area contributed by atoms with Gasteiger partial charge in [-0.1, -0.05) is 0 Å². The highest BCUT2D eigenvalue weighted by atomic mass is 16.5. The van der Waals surface area contributed by atoms with Crippen LogP contribution in [-0.4, -0.2) is 24.1 Å². The van der Waals surface area contributed by atoms with E-state index in [9.17, 15) is 10.1 Å². The van der Waals surface area contributed by atoms with E-state index in [1.807, 2.05) is 6.92 Å². The molecule has 0 spiro atoms. The Hall–Kier alpha value is -1.93. The summed E-state index contributed by atoms with van der Waals surface area (Å²) in [7, 11) is 0. The van der Waals surface area contributed by atoms with Gasteiger partial charge in [-0.05, 0) is 31.4 Å². The van der Waals surface area contributed by atoms with Crippen LogP contribution in [0.3, 0.4) is 0 Å². The molecule has 0 aromatic carbocycles. The molecular weight excluding hydrogens is 230 g/mol. The topological polar surface area (TPSA) is 75.0 Å². The lowest BCUT2D eigenvalue weighted by atomic mass is 9.81. The molecule has 1 aromatic rings. The van der Waals surface area contributed by atoms with Crippen molar-refractivity contribution >= 4 is 11.6 Å². The van der Waals surface area contributed by atoms with Crippen LogP contribution < -0.4 is 5.32 Å². The number of aromatic nitrogens is 1. The molecule has 18 heavy (non-hydrogen) atoms. The van der Waals surface area contributed by atoms with Crippen LogP contribution in [0.25, 0.3) is 0 Å². The summed E-state index contributed by atoms with van der Waals surface area (Å²) in [6, 6.07) is 3.88. The standard InChI is InChI=1S/C13H15N3O2/c1-10-8-15-5-2-11(10)16-12(17)13(9-14)3-6-18-7-4-13/h2,5,8H,3-4,6-7H2,1H3,(H,15,16,17). The van der Waals surface area contributed by atoms with Gasteiger partial charge in [-0.15, -0.1) is 0 Å². The predicted octanol–water partition coefficient (Wildman–Crippen LogP) is 1.65. The lowest BCUT2D eigenvalue weighted by Crippen LogP contribution is -2.40. The number of nitrogens with one attached hydrogen (secondary N) is 1. The number of rotatable bonds is 2. The minimum atomic E-state index is -0.964. The van der Waals surface area contributed by atoms with Gasteiger partial charge in [0, 0.05) is 31.3 Å². The normalized spacial score (nSPS) is 17.8. The van der Waals surface area contributed by atoms with Crippen LogP contribution in [0.1, 0.15) is 18.4 Å². The van der Waals surface area contributed by atoms with Crippen molar-refractivity contribution < 1.29 is 9.53 Å². The van der Waals surface area contributed by atoms with Crippen molar-refractivity contribution in [1.29, 1.82) is 5.26 Å². The molecule has 0 unspecified atom stereocenters. The van der Waals surface area contributed by atoms with Crippen molar-refractivity contribution in [3.8, 4) is 6.07 Å². The fourth-order valence-corrected chi connectivity index (χ4v) is 1.97. The van der Waals surface area contributed by atoms with Crippen molar-refractivity contribution in [2.24, 2.45) is 5.41 Å². The van der Waals surface area contributed by atoms with Gasteiger partial charge < -0.3 is 10.1 Å². The maximum absolute atomic E-state index is 12.3. The van der Waals surface area contributed by atoms with E-state index in [4.69, 9.17) is 4.74 Å². The highest BCUT2D eigenvalue weighted by Crippen LogP contribution is 2.31. The van der Waals surface area contributed by atoms with Crippen LogP contribution in [0.15, 0.2) is 18.5 Å². The summed E-state index contributed by atoms with van der Waals surface area (Å²) in [5, 5.41) is 12.1. The maximum Gasteiger partial charge on any atom is 0.245 e. The first-order chi connectivity index (χ1) is 8.68. The number of amides is 1. The number of nitrogens with zero attached hydrogens (tertiary/aromatic N) is 2. The molecule has 1 aliphatic rings. The SMILES string of the molecule is Cc1cnccc1NC(=O)C1(C#N)CCOCC1. The highest BCUT2D eigenvalue weighted by Gasteiger charge is 2.40. The summed E-state index contributed by atoms with van der Waals surface area (Å²) >= 11 is 0. The van der Waals surface area contributed by atoms with Crippen LogP contribution in [0.5, 0.6) is 0 Å². The molecule has 1 amide bonds. The maximum atomic E-state index is 12.3. The van der Waals surface area contributed by atoms with Crippen LogP contribution in [-0.2, 0) is 9.53 Å². The zero-order valence-corrected chi connectivity index (χ0v) is 10.3. The van der Waals surface area contributed by atoms with Gasteiger partial charge in [-0.2, -0.15) is 5.26 Å². The molecule has 2 heterocycles. The number of pyridine rings is 1. The summed E-state index contributed by atoms with van der Waals surface area (Å²) in [5.41, 5.74) is 0.621. The number of hydrogen-bond donors (Lipinski definition) is 1. The molecule has 0 aliphatic carbocycles. The zero-order chi connectivity index (χ0) is 13.0. The van der Waals surface area contributed by atoms with Crippen molar-refractivity contribution in [3.63, 3.8) is 0 Å². The number of nitriles is 1. The Morgan fingerprint density at radius 2 is 2.28 bits per heavy atom. The largest absolute Gasteiger partial charge is 0.381 e. The van der Waals surface area contributed by atoms with Crippen LogP contribution in [0, 0.1) is 23.7 Å². The molecule has 0 radical (unpaired) electrons. The van der Waals surface area contributed by atoms with Crippen molar-refractivity contribution in [2.75, 3.05) is 18.5 Å². The third-order valence-corrected chi connectivity index (χ3v) is 3.26. The van der Waals surface area contributed by atoms with E-state index in [1.54, 1.807) is 18.5 Å². The summed E-state index contributed by atoms with van der Waals surface area (Å²) in [6.45, 7) is 2.78. The number of carbonyl (C=O) groups is 1. The summed E-state index contributed by atoms with van der Waals surface area (Å²) in [6.07, 6.45) is 4.18. The van der Waals surface area contributed by atoms with Gasteiger partial charge in [0.1, 0.15) is 5.41 Å². The van der Waals surface area contributed by atoms with Crippen LogP contribution in [0.4, 0.5) is 5.69 Å². The fraction of sp³-hybridized carbons (Fsp3) is 0.462. The van der Waals surface area contributed by atoms with Gasteiger partial charge in [0.05, 0.1) is 6.07 Å². The first-order valence-corrected chi connectivity index (χ1v) is 5.89. The van der Waals surface area contributed by atoms with E-state index >= 15 is 0 Å². The van der Waals surface area contributed by atoms with Crippen molar-refractivity contribution in [2.45, 2.75) is 19.8 Å². The molecule has 1 aliphatic heterocycles. The first-order valence-electron chi connectivity index (χ1n) is 5.89. The van der Waals surface area contributed by atoms with E-state index in [0.29, 0.717) is 31.7 Å². The molecule has 0 atom stereocenters. The van der Waals surface area contributed by atoms with Gasteiger partial charge in [0.25, 0.3) is 0 Å². The quantitative estimate of drug-likeness (QED) is 0.859. The molecule has 0 saturated carbocycles. The van der Waals surface area contributed by atoms with Gasteiger partial charge in [0.2, 0.25) is 5.91 Å². The van der Waals surface area contributed by atoms with Crippen molar-refractivity contribution in [1.82, 2.24) is 4.98 Å². The van der Waals surface area contributed by atoms with Gasteiger partial charge in [-0.25, -0.2) is 0 Å². The van der Waals surface area contributed by atoms with Crippen molar-refractivity contribution in [3.05, 3.63) is 24.0 Å². The number of carbonyl (C=O) groups excluding carboxylic acids is 1. The minimum Gasteiger partial charge on any atom is -0.381 e. The summed E-state index contributed by atoms with van der Waals surface area (Å²) in [5.74, 6) is -0.248. The molecule has 1 aromatic heterocycles. The molecule has 5 nitrogen and oxygen atoms in total. The van der Waals surface area contributed by atoms with Gasteiger partial charge in [0.15, 0.2) is 0 Å². The molecule has 2 rings (SSSR count). The van der Waals surface area contributed by atoms with E-state index in [2.05, 4.69) is 16.4 Å². The second-order valence-electron chi connectivity index (χ2n) is 4.45. The fourth-order valence-electron chi connectivity index (χ4n) is 1.97. The number of ether oxygens (including phenoxy) is 1. The molecule has 94 valence electrons. The second kappa shape index (κ2) is 5.15. The minimum absolute atomic E-state index is 0.248. The first kappa shape index (κ1) is 12.5. The van der Waals surface area contributed by atoms with E-state index < -0.39 is 5.41 Å². The highest BCUT2D eigenvalue weighted by molar-refractivity contribution is 5.97. The van der Waals surface area contributed by atoms with Crippen LogP contribution in [0.2, 0.25) is 0 Å². The van der Waals surface area contributed by atoms with Crippen LogP contribution >= 0.6 is 0 Å². The van der Waals surface area contributed by atoms with E-state index in [1.165, 1.54) is 0 Å². The number of aryl methyl sites for hydroxylation is 1. The summed E-state index contributed by atoms with van der Waals surface area (Å²) < 4.78 is 5.21. The third-order valence-electron chi connectivity index (χ3n) is 3.26. The lowest BCUT2D eigenvalue weighted by molar-refractivity contribution is -0.126. The lowest BCUT2D eigenvalue weighted by Gasteiger charge is -2.29. The molecule has 1 saturated heterocycles. The van der Waals surface area contributed by atoms with Gasteiger partial charge in [-0.3, -0.25) is 9.78 Å². The van der Waals surface area contributed by atoms with E-state index in [-0.39, 0.29) is 5.91 Å². The smallest absolute Gasteiger partial charge is 0.245 e. The second-order valence-corrected chi connectivity index (χ2v) is 4.45. The average molecular weight is 245 g/mol.